The van der Waals surface area contributed by atoms with Gasteiger partial charge < -0.3 is 0 Å². The number of rotatable bonds is 6. The first-order valence-corrected chi connectivity index (χ1v) is 12.4. The maximum absolute atomic E-state index is 12.5. The lowest BCUT2D eigenvalue weighted by Crippen LogP contribution is -2.34. The molecule has 2 aliphatic rings. The fraction of sp³-hybridized carbons (Fsp3) is 0.786. The highest BCUT2D eigenvalue weighted by Gasteiger charge is 2.40. The van der Waals surface area contributed by atoms with Crippen molar-refractivity contribution in [3.8, 4) is 0 Å². The van der Waals surface area contributed by atoms with E-state index in [1.807, 2.05) is 12.2 Å². The van der Waals surface area contributed by atoms with Crippen LogP contribution in [0.3, 0.4) is 0 Å². The van der Waals surface area contributed by atoms with E-state index in [1.165, 1.54) is 0 Å². The van der Waals surface area contributed by atoms with E-state index in [9.17, 15) is 9.59 Å². The van der Waals surface area contributed by atoms with Gasteiger partial charge in [0.05, 0.1) is 12.8 Å². The summed E-state index contributed by atoms with van der Waals surface area (Å²) in [4.78, 5) is 34.9. The van der Waals surface area contributed by atoms with Crippen molar-refractivity contribution in [1.82, 2.24) is 0 Å². The van der Waals surface area contributed by atoms with Crippen molar-refractivity contribution in [3.05, 3.63) is 25.3 Å². The quantitative estimate of drug-likeness (QED) is 0.240. The zero-order chi connectivity index (χ0) is 24.2. The lowest BCUT2D eigenvalue weighted by molar-refractivity contribution is -0.262. The first kappa shape index (κ1) is 26.7. The molecule has 2 saturated carbocycles. The molecular weight excluding hydrogens is 400 g/mol. The van der Waals surface area contributed by atoms with Crippen LogP contribution in [0, 0.1) is 33.5 Å². The van der Waals surface area contributed by atoms with Gasteiger partial charge in [0.15, 0.2) is 0 Å². The van der Waals surface area contributed by atoms with Crippen LogP contribution in [0.15, 0.2) is 25.3 Å². The summed E-state index contributed by atoms with van der Waals surface area (Å²) in [6, 6.07) is 0. The summed E-state index contributed by atoms with van der Waals surface area (Å²) in [6.07, 6.45) is 12.1. The molecule has 0 heterocycles. The van der Waals surface area contributed by atoms with Gasteiger partial charge in [-0.15, -0.1) is 13.2 Å². The molecule has 0 amide bonds. The number of carbonyl (C=O) groups is 2. The highest BCUT2D eigenvalue weighted by Crippen LogP contribution is 2.49. The molecule has 2 fully saturated rings. The first-order valence-electron chi connectivity index (χ1n) is 12.4. The minimum atomic E-state index is -0.489. The van der Waals surface area contributed by atoms with Gasteiger partial charge in [-0.25, -0.2) is 19.4 Å². The summed E-state index contributed by atoms with van der Waals surface area (Å²) >= 11 is 0. The third-order valence-electron chi connectivity index (χ3n) is 8.50. The molecule has 0 aliphatic heterocycles. The molecule has 0 spiro atoms. The Balaban J connectivity index is 1.83. The third-order valence-corrected chi connectivity index (χ3v) is 8.50. The molecule has 2 aliphatic carbocycles. The van der Waals surface area contributed by atoms with Crippen LogP contribution in [0.25, 0.3) is 0 Å². The van der Waals surface area contributed by atoms with Crippen LogP contribution in [0.2, 0.25) is 0 Å². The fourth-order valence-electron chi connectivity index (χ4n) is 5.75. The van der Waals surface area contributed by atoms with Gasteiger partial charge in [-0.1, -0.05) is 53.7 Å². The third kappa shape index (κ3) is 6.96. The van der Waals surface area contributed by atoms with Crippen molar-refractivity contribution in [2.45, 2.75) is 106 Å². The molecule has 0 N–H and O–H groups in total. The molecule has 4 heteroatoms. The van der Waals surface area contributed by atoms with E-state index < -0.39 is 11.9 Å². The summed E-state index contributed by atoms with van der Waals surface area (Å²) in [7, 11) is 0. The Kier molecular flexibility index (Phi) is 8.45. The summed E-state index contributed by atoms with van der Waals surface area (Å²) < 4.78 is 0. The Hall–Kier alpha value is -1.58. The predicted molar refractivity (Wildman–Crippen MR) is 130 cm³/mol. The van der Waals surface area contributed by atoms with Gasteiger partial charge in [0.2, 0.25) is 0 Å². The molecule has 0 saturated heterocycles. The largest absolute Gasteiger partial charge is 0.356 e. The molecule has 0 aromatic rings. The lowest BCUT2D eigenvalue weighted by atomic mass is 9.63. The topological polar surface area (TPSA) is 52.6 Å². The van der Waals surface area contributed by atoms with Gasteiger partial charge in [0, 0.05) is 0 Å². The monoisotopic (exact) mass is 446 g/mol. The highest BCUT2D eigenvalue weighted by atomic mass is 17.2. The van der Waals surface area contributed by atoms with Gasteiger partial charge in [-0.2, -0.15) is 0 Å². The van der Waals surface area contributed by atoms with Gasteiger partial charge in [0.25, 0.3) is 0 Å². The second-order valence-electron chi connectivity index (χ2n) is 12.7. The second-order valence-corrected chi connectivity index (χ2v) is 12.7. The molecule has 2 rings (SSSR count). The molecule has 0 aromatic carbocycles. The van der Waals surface area contributed by atoms with Crippen molar-refractivity contribution in [1.29, 1.82) is 0 Å². The van der Waals surface area contributed by atoms with Crippen molar-refractivity contribution >= 4 is 11.9 Å². The van der Waals surface area contributed by atoms with E-state index in [0.29, 0.717) is 11.8 Å². The fourth-order valence-corrected chi connectivity index (χ4v) is 5.75. The summed E-state index contributed by atoms with van der Waals surface area (Å²) in [5, 5.41) is 0. The molecule has 0 radical (unpaired) electrons. The molecule has 32 heavy (non-hydrogen) atoms. The Labute approximate surface area is 196 Å². The predicted octanol–water partition coefficient (Wildman–Crippen LogP) is 7.59. The highest BCUT2D eigenvalue weighted by molar-refractivity contribution is 5.74. The maximum Gasteiger partial charge on any atom is 0.356 e. The second kappa shape index (κ2) is 10.1. The number of carbonyl (C=O) groups excluding carboxylic acids is 2. The zero-order valence-corrected chi connectivity index (χ0v) is 21.4. The van der Waals surface area contributed by atoms with Crippen molar-refractivity contribution < 1.29 is 19.4 Å². The molecule has 4 nitrogen and oxygen atoms in total. The SMILES string of the molecule is C=CC1(CC(=O)OOC(=O)CC2(C=C)CCC(C(C)(C)C)CC2)CCC(C(C)(C)C)CC1. The maximum atomic E-state index is 12.5. The zero-order valence-electron chi connectivity index (χ0n) is 21.4. The number of hydrogen-bond donors (Lipinski definition) is 0. The van der Waals surface area contributed by atoms with E-state index in [4.69, 9.17) is 9.78 Å². The number of allylic oxidation sites excluding steroid dienone is 2. The molecule has 0 atom stereocenters. The van der Waals surface area contributed by atoms with Gasteiger partial charge in [-0.05, 0) is 84.9 Å². The van der Waals surface area contributed by atoms with E-state index in [0.717, 1.165) is 51.4 Å². The molecule has 182 valence electrons. The average molecular weight is 447 g/mol. The Morgan fingerprint density at radius 1 is 0.719 bits per heavy atom. The molecule has 0 unspecified atom stereocenters. The molecule has 0 aromatic heterocycles. The number of hydrogen-bond acceptors (Lipinski definition) is 4. The Bertz CT molecular complexity index is 615. The summed E-state index contributed by atoms with van der Waals surface area (Å²) in [6.45, 7) is 21.6. The van der Waals surface area contributed by atoms with Crippen LogP contribution in [-0.4, -0.2) is 11.9 Å². The van der Waals surface area contributed by atoms with Crippen molar-refractivity contribution in [2.75, 3.05) is 0 Å². The van der Waals surface area contributed by atoms with E-state index in [-0.39, 0.29) is 34.5 Å². The lowest BCUT2D eigenvalue weighted by Gasteiger charge is -2.42. The average Bonchev–Trinajstić information content (AvgIpc) is 2.71. The van der Waals surface area contributed by atoms with Gasteiger partial charge in [-0.3, -0.25) is 0 Å². The van der Waals surface area contributed by atoms with Crippen LogP contribution in [0.5, 0.6) is 0 Å². The van der Waals surface area contributed by atoms with E-state index >= 15 is 0 Å². The van der Waals surface area contributed by atoms with Gasteiger partial charge >= 0.3 is 11.9 Å². The van der Waals surface area contributed by atoms with E-state index in [2.05, 4.69) is 54.7 Å². The summed E-state index contributed by atoms with van der Waals surface area (Å²) in [5.41, 5.74) is 0.0187. The van der Waals surface area contributed by atoms with Crippen LogP contribution < -0.4 is 0 Å². The molecule has 0 bridgehead atoms. The Morgan fingerprint density at radius 2 is 1.00 bits per heavy atom. The molecular formula is C28H46O4. The minimum absolute atomic E-state index is 0.209. The Morgan fingerprint density at radius 3 is 1.22 bits per heavy atom. The normalized spacial score (nSPS) is 31.4. The van der Waals surface area contributed by atoms with Gasteiger partial charge in [0.1, 0.15) is 0 Å². The van der Waals surface area contributed by atoms with Crippen LogP contribution in [-0.2, 0) is 19.4 Å². The van der Waals surface area contributed by atoms with E-state index in [1.54, 1.807) is 0 Å². The first-order chi connectivity index (χ1) is 14.7. The van der Waals surface area contributed by atoms with Crippen LogP contribution >= 0.6 is 0 Å². The van der Waals surface area contributed by atoms with Crippen LogP contribution in [0.4, 0.5) is 0 Å². The minimum Gasteiger partial charge on any atom is -0.247 e. The van der Waals surface area contributed by atoms with Crippen LogP contribution in [0.1, 0.15) is 106 Å². The van der Waals surface area contributed by atoms with Crippen molar-refractivity contribution in [3.63, 3.8) is 0 Å². The summed E-state index contributed by atoms with van der Waals surface area (Å²) in [5.74, 6) is 0.314. The smallest absolute Gasteiger partial charge is 0.247 e. The standard InChI is InChI=1S/C28H46O4/c1-9-27(15-11-21(12-16-27)25(3,4)5)19-23(29)31-32-24(30)20-28(10-2)17-13-22(14-18-28)26(6,7)8/h9-10,21-22H,1-2,11-20H2,3-8H3. The van der Waals surface area contributed by atoms with Crippen molar-refractivity contribution in [2.24, 2.45) is 33.5 Å².